The van der Waals surface area contributed by atoms with Crippen molar-refractivity contribution in [3.63, 3.8) is 0 Å². The molecule has 1 atom stereocenters. The molecule has 1 aromatic rings. The van der Waals surface area contributed by atoms with Crippen LogP contribution in [0.4, 0.5) is 0 Å². The number of esters is 1. The quantitative estimate of drug-likeness (QED) is 0.860. The van der Waals surface area contributed by atoms with E-state index in [0.717, 1.165) is 18.4 Å². The molecule has 0 spiro atoms. The monoisotopic (exact) mass is 291 g/mol. The van der Waals surface area contributed by atoms with E-state index < -0.39 is 6.04 Å². The maximum atomic E-state index is 12.4. The predicted octanol–water partition coefficient (Wildman–Crippen LogP) is 1.88. The summed E-state index contributed by atoms with van der Waals surface area (Å²) in [4.78, 5) is 25.7. The van der Waals surface area contributed by atoms with E-state index in [-0.39, 0.29) is 24.0 Å². The number of phenols is 1. The highest BCUT2D eigenvalue weighted by Crippen LogP contribution is 2.21. The van der Waals surface area contributed by atoms with Crippen LogP contribution in [0.1, 0.15) is 31.2 Å². The van der Waals surface area contributed by atoms with Gasteiger partial charge < -0.3 is 14.7 Å². The molecule has 2 rings (SSSR count). The molecular weight excluding hydrogens is 270 g/mol. The van der Waals surface area contributed by atoms with Gasteiger partial charge in [-0.3, -0.25) is 4.79 Å². The number of aromatic hydroxyl groups is 1. The van der Waals surface area contributed by atoms with E-state index in [0.29, 0.717) is 19.4 Å². The van der Waals surface area contributed by atoms with E-state index in [1.54, 1.807) is 23.1 Å². The summed E-state index contributed by atoms with van der Waals surface area (Å²) in [6, 6.07) is 6.53. The van der Waals surface area contributed by atoms with Crippen molar-refractivity contribution < 1.29 is 19.4 Å². The summed E-state index contributed by atoms with van der Waals surface area (Å²) in [6.07, 6.45) is 3.26. The van der Waals surface area contributed by atoms with Crippen molar-refractivity contribution in [1.29, 1.82) is 0 Å². The second-order valence-corrected chi connectivity index (χ2v) is 5.25. The summed E-state index contributed by atoms with van der Waals surface area (Å²) >= 11 is 0. The number of hydrogen-bond donors (Lipinski definition) is 1. The van der Waals surface area contributed by atoms with Gasteiger partial charge in [-0.2, -0.15) is 0 Å². The van der Waals surface area contributed by atoms with Gasteiger partial charge in [-0.05, 0) is 37.3 Å². The van der Waals surface area contributed by atoms with Crippen molar-refractivity contribution in [3.05, 3.63) is 29.8 Å². The molecule has 0 aliphatic carbocycles. The molecule has 0 aromatic heterocycles. The van der Waals surface area contributed by atoms with Crippen molar-refractivity contribution in [2.75, 3.05) is 13.7 Å². The fourth-order valence-corrected chi connectivity index (χ4v) is 2.72. The van der Waals surface area contributed by atoms with E-state index in [4.69, 9.17) is 4.74 Å². The van der Waals surface area contributed by atoms with Crippen molar-refractivity contribution in [1.82, 2.24) is 4.90 Å². The number of carbonyl (C=O) groups is 2. The molecule has 1 aliphatic rings. The normalized spacial score (nSPS) is 18.3. The van der Waals surface area contributed by atoms with Gasteiger partial charge in [0.15, 0.2) is 0 Å². The molecule has 0 bridgehead atoms. The van der Waals surface area contributed by atoms with Crippen LogP contribution >= 0.6 is 0 Å². The number of carbonyl (C=O) groups excluding carboxylic acids is 2. The minimum atomic E-state index is -0.458. The average Bonchev–Trinajstić information content (AvgIpc) is 2.53. The predicted molar refractivity (Wildman–Crippen MR) is 77.8 cm³/mol. The standard InChI is InChI=1S/C16H21NO4/c1-21-16(20)13-7-4-5-11-17(13)15(19)10-9-12-6-2-3-8-14(12)18/h2-3,6,8,13,18H,4-5,7,9-11H2,1H3/t13-/m1/s1. The van der Waals surface area contributed by atoms with E-state index in [2.05, 4.69) is 0 Å². The van der Waals surface area contributed by atoms with Crippen LogP contribution in [0.2, 0.25) is 0 Å². The number of nitrogens with zero attached hydrogens (tertiary/aromatic N) is 1. The lowest BCUT2D eigenvalue weighted by molar-refractivity contribution is -0.154. The van der Waals surface area contributed by atoms with Crippen LogP contribution in [0.3, 0.4) is 0 Å². The van der Waals surface area contributed by atoms with Crippen LogP contribution in [0.5, 0.6) is 5.75 Å². The van der Waals surface area contributed by atoms with Gasteiger partial charge in [0.1, 0.15) is 11.8 Å². The van der Waals surface area contributed by atoms with Crippen molar-refractivity contribution >= 4 is 11.9 Å². The highest BCUT2D eigenvalue weighted by molar-refractivity contribution is 5.84. The first-order chi connectivity index (χ1) is 10.1. The van der Waals surface area contributed by atoms with Gasteiger partial charge in [0.25, 0.3) is 0 Å². The van der Waals surface area contributed by atoms with Gasteiger partial charge in [-0.1, -0.05) is 18.2 Å². The Morgan fingerprint density at radius 1 is 1.33 bits per heavy atom. The molecule has 5 nitrogen and oxygen atoms in total. The van der Waals surface area contributed by atoms with Crippen LogP contribution < -0.4 is 0 Å². The highest BCUT2D eigenvalue weighted by Gasteiger charge is 2.32. The summed E-state index contributed by atoms with van der Waals surface area (Å²) < 4.78 is 4.78. The molecule has 1 N–H and O–H groups in total. The largest absolute Gasteiger partial charge is 0.508 e. The lowest BCUT2D eigenvalue weighted by Gasteiger charge is -2.33. The zero-order valence-corrected chi connectivity index (χ0v) is 12.2. The van der Waals surface area contributed by atoms with E-state index in [1.165, 1.54) is 7.11 Å². The third-order valence-electron chi connectivity index (χ3n) is 3.90. The van der Waals surface area contributed by atoms with Crippen molar-refractivity contribution in [2.24, 2.45) is 0 Å². The number of phenolic OH excluding ortho intramolecular Hbond substituents is 1. The molecule has 1 saturated heterocycles. The fraction of sp³-hybridized carbons (Fsp3) is 0.500. The number of rotatable bonds is 4. The maximum Gasteiger partial charge on any atom is 0.328 e. The smallest absolute Gasteiger partial charge is 0.328 e. The van der Waals surface area contributed by atoms with Crippen LogP contribution in [-0.2, 0) is 20.7 Å². The van der Waals surface area contributed by atoms with Gasteiger partial charge in [0.2, 0.25) is 5.91 Å². The molecule has 1 fully saturated rings. The molecule has 114 valence electrons. The van der Waals surface area contributed by atoms with Gasteiger partial charge in [-0.25, -0.2) is 4.79 Å². The number of aryl methyl sites for hydroxylation is 1. The first kappa shape index (κ1) is 15.4. The molecule has 21 heavy (non-hydrogen) atoms. The first-order valence-corrected chi connectivity index (χ1v) is 7.27. The van der Waals surface area contributed by atoms with E-state index in [9.17, 15) is 14.7 Å². The summed E-state index contributed by atoms with van der Waals surface area (Å²) in [5, 5.41) is 9.71. The topological polar surface area (TPSA) is 66.8 Å². The Morgan fingerprint density at radius 2 is 2.10 bits per heavy atom. The Kier molecular flexibility index (Phi) is 5.20. The number of methoxy groups -OCH3 is 1. The Balaban J connectivity index is 1.98. The van der Waals surface area contributed by atoms with Gasteiger partial charge in [0, 0.05) is 13.0 Å². The van der Waals surface area contributed by atoms with Crippen LogP contribution in [-0.4, -0.2) is 41.6 Å². The van der Waals surface area contributed by atoms with Gasteiger partial charge in [-0.15, -0.1) is 0 Å². The lowest BCUT2D eigenvalue weighted by atomic mass is 10.0. The molecule has 5 heteroatoms. The number of hydrogen-bond acceptors (Lipinski definition) is 4. The molecule has 1 aromatic carbocycles. The fourth-order valence-electron chi connectivity index (χ4n) is 2.72. The molecule has 1 aliphatic heterocycles. The van der Waals surface area contributed by atoms with Gasteiger partial charge in [0.05, 0.1) is 7.11 Å². The number of para-hydroxylation sites is 1. The number of benzene rings is 1. The Hall–Kier alpha value is -2.04. The molecule has 0 unspecified atom stereocenters. The summed E-state index contributed by atoms with van der Waals surface area (Å²) in [6.45, 7) is 0.597. The molecule has 1 amide bonds. The van der Waals surface area contributed by atoms with Crippen LogP contribution in [0, 0.1) is 0 Å². The molecule has 0 radical (unpaired) electrons. The SMILES string of the molecule is COC(=O)[C@H]1CCCCN1C(=O)CCc1ccccc1O. The van der Waals surface area contributed by atoms with Crippen LogP contribution in [0.25, 0.3) is 0 Å². The molecule has 1 heterocycles. The zero-order chi connectivity index (χ0) is 15.2. The summed E-state index contributed by atoms with van der Waals surface area (Å²) in [5.41, 5.74) is 0.748. The third kappa shape index (κ3) is 3.74. The lowest BCUT2D eigenvalue weighted by Crippen LogP contribution is -2.48. The Bertz CT molecular complexity index is 515. The molecular formula is C16H21NO4. The molecule has 0 saturated carbocycles. The highest BCUT2D eigenvalue weighted by atomic mass is 16.5. The average molecular weight is 291 g/mol. The number of amides is 1. The number of ether oxygens (including phenoxy) is 1. The zero-order valence-electron chi connectivity index (χ0n) is 12.2. The second kappa shape index (κ2) is 7.11. The van der Waals surface area contributed by atoms with Crippen molar-refractivity contribution in [2.45, 2.75) is 38.1 Å². The number of likely N-dealkylation sites (tertiary alicyclic amines) is 1. The minimum Gasteiger partial charge on any atom is -0.508 e. The summed E-state index contributed by atoms with van der Waals surface area (Å²) in [5.74, 6) is -0.201. The van der Waals surface area contributed by atoms with Gasteiger partial charge >= 0.3 is 5.97 Å². The second-order valence-electron chi connectivity index (χ2n) is 5.25. The minimum absolute atomic E-state index is 0.0617. The third-order valence-corrected chi connectivity index (χ3v) is 3.90. The summed E-state index contributed by atoms with van der Waals surface area (Å²) in [7, 11) is 1.35. The maximum absolute atomic E-state index is 12.4. The Labute approximate surface area is 124 Å². The van der Waals surface area contributed by atoms with Crippen molar-refractivity contribution in [3.8, 4) is 5.75 Å². The van der Waals surface area contributed by atoms with Crippen LogP contribution in [0.15, 0.2) is 24.3 Å². The Morgan fingerprint density at radius 3 is 2.81 bits per heavy atom. The number of piperidine rings is 1. The van der Waals surface area contributed by atoms with E-state index >= 15 is 0 Å². The van der Waals surface area contributed by atoms with E-state index in [1.807, 2.05) is 6.07 Å². The first-order valence-electron chi connectivity index (χ1n) is 7.27.